The highest BCUT2D eigenvalue weighted by molar-refractivity contribution is 5.88. The van der Waals surface area contributed by atoms with Crippen LogP contribution < -0.4 is 15.4 Å². The summed E-state index contributed by atoms with van der Waals surface area (Å²) in [6, 6.07) is 17.1. The van der Waals surface area contributed by atoms with Crippen molar-refractivity contribution >= 4 is 23.1 Å². The molecule has 0 fully saturated rings. The standard InChI is InChI=1S/C18H18N4O2/c1-12(23)19-14-5-7-15(8-6-14)20-18-11-17(21-22-18)13-3-9-16(24-2)10-4-13/h3-11H,1-2H3,(H,19,23)(H2,20,21,22). The number of nitrogens with zero attached hydrogens (tertiary/aromatic N) is 1. The highest BCUT2D eigenvalue weighted by Crippen LogP contribution is 2.24. The molecule has 3 rings (SSSR count). The van der Waals surface area contributed by atoms with Crippen molar-refractivity contribution in [1.29, 1.82) is 0 Å². The molecule has 3 N–H and O–H groups in total. The molecule has 0 saturated heterocycles. The van der Waals surface area contributed by atoms with E-state index in [9.17, 15) is 4.79 Å². The zero-order valence-electron chi connectivity index (χ0n) is 13.5. The minimum Gasteiger partial charge on any atom is -0.497 e. The molecule has 6 heteroatoms. The number of carbonyl (C=O) groups is 1. The lowest BCUT2D eigenvalue weighted by atomic mass is 10.1. The van der Waals surface area contributed by atoms with Gasteiger partial charge in [-0.2, -0.15) is 5.10 Å². The van der Waals surface area contributed by atoms with Gasteiger partial charge in [-0.05, 0) is 54.1 Å². The van der Waals surface area contributed by atoms with E-state index in [4.69, 9.17) is 4.74 Å². The van der Waals surface area contributed by atoms with Gasteiger partial charge in [0.25, 0.3) is 0 Å². The second kappa shape index (κ2) is 6.87. The average molecular weight is 322 g/mol. The monoisotopic (exact) mass is 322 g/mol. The lowest BCUT2D eigenvalue weighted by Crippen LogP contribution is -2.05. The summed E-state index contributed by atoms with van der Waals surface area (Å²) >= 11 is 0. The molecule has 0 aliphatic heterocycles. The van der Waals surface area contributed by atoms with E-state index in [1.807, 2.05) is 54.6 Å². The largest absolute Gasteiger partial charge is 0.497 e. The Labute approximate surface area is 139 Å². The first-order chi connectivity index (χ1) is 11.6. The van der Waals surface area contributed by atoms with E-state index in [1.54, 1.807) is 7.11 Å². The third-order valence-electron chi connectivity index (χ3n) is 3.46. The van der Waals surface area contributed by atoms with Crippen LogP contribution in [0.25, 0.3) is 11.3 Å². The van der Waals surface area contributed by atoms with Crippen LogP contribution in [0.2, 0.25) is 0 Å². The van der Waals surface area contributed by atoms with E-state index in [1.165, 1.54) is 6.92 Å². The molecule has 1 aromatic heterocycles. The molecule has 0 radical (unpaired) electrons. The van der Waals surface area contributed by atoms with Gasteiger partial charge in [-0.15, -0.1) is 0 Å². The molecule has 0 saturated carbocycles. The van der Waals surface area contributed by atoms with E-state index in [0.717, 1.165) is 28.4 Å². The van der Waals surface area contributed by atoms with E-state index >= 15 is 0 Å². The quantitative estimate of drug-likeness (QED) is 0.668. The molecule has 122 valence electrons. The Hall–Kier alpha value is -3.28. The van der Waals surface area contributed by atoms with Gasteiger partial charge in [0.15, 0.2) is 5.82 Å². The second-order valence-electron chi connectivity index (χ2n) is 5.28. The molecule has 0 spiro atoms. The van der Waals surface area contributed by atoms with Crippen molar-refractivity contribution in [1.82, 2.24) is 10.2 Å². The minimum absolute atomic E-state index is 0.0906. The van der Waals surface area contributed by atoms with E-state index < -0.39 is 0 Å². The van der Waals surface area contributed by atoms with E-state index in [2.05, 4.69) is 20.8 Å². The predicted octanol–water partition coefficient (Wildman–Crippen LogP) is 3.79. The van der Waals surface area contributed by atoms with Crippen molar-refractivity contribution in [3.8, 4) is 17.0 Å². The van der Waals surface area contributed by atoms with Crippen LogP contribution in [0.4, 0.5) is 17.2 Å². The highest BCUT2D eigenvalue weighted by Gasteiger charge is 2.05. The van der Waals surface area contributed by atoms with Crippen LogP contribution in [-0.4, -0.2) is 23.2 Å². The number of nitrogens with one attached hydrogen (secondary N) is 3. The average Bonchev–Trinajstić information content (AvgIpc) is 3.05. The van der Waals surface area contributed by atoms with Crippen LogP contribution in [0, 0.1) is 0 Å². The SMILES string of the molecule is COc1ccc(-c2cc(Nc3ccc(NC(C)=O)cc3)n[nH]2)cc1. The minimum atomic E-state index is -0.0906. The molecule has 2 aromatic carbocycles. The summed E-state index contributed by atoms with van der Waals surface area (Å²) < 4.78 is 5.16. The van der Waals surface area contributed by atoms with Crippen molar-refractivity contribution in [3.63, 3.8) is 0 Å². The first kappa shape index (κ1) is 15.6. The number of hydrogen-bond donors (Lipinski definition) is 3. The third kappa shape index (κ3) is 3.73. The Morgan fingerprint density at radius 3 is 2.33 bits per heavy atom. The van der Waals surface area contributed by atoms with Gasteiger partial charge in [0.05, 0.1) is 12.8 Å². The maximum absolute atomic E-state index is 11.0. The summed E-state index contributed by atoms with van der Waals surface area (Å²) in [7, 11) is 1.64. The molecule has 0 unspecified atom stereocenters. The van der Waals surface area contributed by atoms with Crippen LogP contribution in [-0.2, 0) is 4.79 Å². The topological polar surface area (TPSA) is 79.0 Å². The molecule has 6 nitrogen and oxygen atoms in total. The molecule has 1 amide bonds. The summed E-state index contributed by atoms with van der Waals surface area (Å²) in [4.78, 5) is 11.0. The fourth-order valence-electron chi connectivity index (χ4n) is 2.29. The Bertz CT molecular complexity index is 823. The fraction of sp³-hybridized carbons (Fsp3) is 0.111. The molecule has 24 heavy (non-hydrogen) atoms. The molecular formula is C18H18N4O2. The lowest BCUT2D eigenvalue weighted by molar-refractivity contribution is -0.114. The van der Waals surface area contributed by atoms with Crippen molar-refractivity contribution in [2.24, 2.45) is 0 Å². The summed E-state index contributed by atoms with van der Waals surface area (Å²) in [5, 5.41) is 13.2. The molecular weight excluding hydrogens is 304 g/mol. The van der Waals surface area contributed by atoms with Gasteiger partial charge >= 0.3 is 0 Å². The van der Waals surface area contributed by atoms with Crippen LogP contribution in [0.3, 0.4) is 0 Å². The van der Waals surface area contributed by atoms with Crippen LogP contribution in [0.15, 0.2) is 54.6 Å². The Balaban J connectivity index is 1.70. The number of carbonyl (C=O) groups excluding carboxylic acids is 1. The van der Waals surface area contributed by atoms with Crippen molar-refractivity contribution in [2.45, 2.75) is 6.92 Å². The van der Waals surface area contributed by atoms with Crippen LogP contribution >= 0.6 is 0 Å². The van der Waals surface area contributed by atoms with E-state index in [-0.39, 0.29) is 5.91 Å². The number of hydrogen-bond acceptors (Lipinski definition) is 4. The van der Waals surface area contributed by atoms with Crippen molar-refractivity contribution in [2.75, 3.05) is 17.7 Å². The summed E-state index contributed by atoms with van der Waals surface area (Å²) in [6.07, 6.45) is 0. The normalized spacial score (nSPS) is 10.2. The van der Waals surface area contributed by atoms with Gasteiger partial charge in [-0.25, -0.2) is 0 Å². The predicted molar refractivity (Wildman–Crippen MR) is 94.6 cm³/mol. The molecule has 0 aliphatic rings. The number of benzene rings is 2. The molecule has 0 aliphatic carbocycles. The van der Waals surface area contributed by atoms with Gasteiger partial charge < -0.3 is 15.4 Å². The summed E-state index contributed by atoms with van der Waals surface area (Å²) in [6.45, 7) is 1.48. The molecule has 0 atom stereocenters. The number of ether oxygens (including phenoxy) is 1. The van der Waals surface area contributed by atoms with Crippen LogP contribution in [0.1, 0.15) is 6.92 Å². The summed E-state index contributed by atoms with van der Waals surface area (Å²) in [5.41, 5.74) is 3.58. The third-order valence-corrected chi connectivity index (χ3v) is 3.46. The first-order valence-corrected chi connectivity index (χ1v) is 7.48. The van der Waals surface area contributed by atoms with Crippen LogP contribution in [0.5, 0.6) is 5.75 Å². The van der Waals surface area contributed by atoms with Gasteiger partial charge in [-0.1, -0.05) is 0 Å². The summed E-state index contributed by atoms with van der Waals surface area (Å²) in [5.74, 6) is 1.44. The number of amides is 1. The van der Waals surface area contributed by atoms with E-state index in [0.29, 0.717) is 5.82 Å². The number of H-pyrrole nitrogens is 1. The maximum atomic E-state index is 11.0. The maximum Gasteiger partial charge on any atom is 0.221 e. The zero-order valence-corrected chi connectivity index (χ0v) is 13.5. The van der Waals surface area contributed by atoms with Gasteiger partial charge in [0, 0.05) is 24.4 Å². The van der Waals surface area contributed by atoms with Crippen molar-refractivity contribution in [3.05, 3.63) is 54.6 Å². The smallest absolute Gasteiger partial charge is 0.221 e. The number of methoxy groups -OCH3 is 1. The number of aromatic amines is 1. The first-order valence-electron chi connectivity index (χ1n) is 7.48. The second-order valence-corrected chi connectivity index (χ2v) is 5.28. The Morgan fingerprint density at radius 1 is 1.04 bits per heavy atom. The zero-order chi connectivity index (χ0) is 16.9. The Morgan fingerprint density at radius 2 is 1.71 bits per heavy atom. The number of rotatable bonds is 5. The van der Waals surface area contributed by atoms with Gasteiger partial charge in [-0.3, -0.25) is 9.89 Å². The molecule has 0 bridgehead atoms. The highest BCUT2D eigenvalue weighted by atomic mass is 16.5. The molecule has 1 heterocycles. The van der Waals surface area contributed by atoms with Gasteiger partial charge in [0.1, 0.15) is 5.75 Å². The Kier molecular flexibility index (Phi) is 4.47. The molecule has 3 aromatic rings. The van der Waals surface area contributed by atoms with Gasteiger partial charge in [0.2, 0.25) is 5.91 Å². The number of anilines is 3. The fourth-order valence-corrected chi connectivity index (χ4v) is 2.29. The van der Waals surface area contributed by atoms with Crippen molar-refractivity contribution < 1.29 is 9.53 Å². The lowest BCUT2D eigenvalue weighted by Gasteiger charge is -2.05. The number of aromatic nitrogens is 2.